The van der Waals surface area contributed by atoms with Crippen LogP contribution in [0.15, 0.2) is 24.3 Å². The van der Waals surface area contributed by atoms with Crippen molar-refractivity contribution in [2.75, 3.05) is 41.0 Å². The molecule has 0 fully saturated rings. The highest BCUT2D eigenvalue weighted by Crippen LogP contribution is 2.13. The fraction of sp³-hybridized carbons (Fsp3) is 0.833. The van der Waals surface area contributed by atoms with Gasteiger partial charge in [-0.25, -0.2) is 4.79 Å². The molecule has 1 N–H and O–H groups in total. The Balaban J connectivity index is 4.42. The maximum atomic E-state index is 12.7. The van der Waals surface area contributed by atoms with Gasteiger partial charge < -0.3 is 23.8 Å². The fourth-order valence-corrected chi connectivity index (χ4v) is 5.84. The van der Waals surface area contributed by atoms with E-state index in [9.17, 15) is 19.5 Å². The Morgan fingerprint density at radius 3 is 1.44 bits per heavy atom. The molecular weight excluding hydrogens is 630 g/mol. The van der Waals surface area contributed by atoms with E-state index in [1.165, 1.54) is 77.0 Å². The summed E-state index contributed by atoms with van der Waals surface area (Å²) in [6, 6.07) is -0.614. The minimum atomic E-state index is -0.878. The highest BCUT2D eigenvalue weighted by atomic mass is 16.6. The summed E-state index contributed by atoms with van der Waals surface area (Å²) in [5.41, 5.74) is 0. The second kappa shape index (κ2) is 33.9. The van der Waals surface area contributed by atoms with E-state index in [2.05, 4.69) is 38.2 Å². The van der Waals surface area contributed by atoms with E-state index in [4.69, 9.17) is 14.2 Å². The van der Waals surface area contributed by atoms with Crippen LogP contribution >= 0.6 is 0 Å². The second-order valence-electron chi connectivity index (χ2n) is 14.9. The summed E-state index contributed by atoms with van der Waals surface area (Å²) in [5.74, 6) is -1.49. The Hall–Kier alpha value is -2.19. The van der Waals surface area contributed by atoms with E-state index in [0.717, 1.165) is 64.2 Å². The monoisotopic (exact) mass is 709 g/mol. The molecule has 0 rings (SSSR count). The lowest BCUT2D eigenvalue weighted by Crippen LogP contribution is -2.50. The Morgan fingerprint density at radius 2 is 1.00 bits per heavy atom. The van der Waals surface area contributed by atoms with Crippen molar-refractivity contribution in [2.45, 2.75) is 187 Å². The van der Waals surface area contributed by atoms with Gasteiger partial charge in [0.1, 0.15) is 6.61 Å². The van der Waals surface area contributed by atoms with Gasteiger partial charge in [0, 0.05) is 19.3 Å². The summed E-state index contributed by atoms with van der Waals surface area (Å²) in [7, 11) is 5.51. The molecule has 8 heteroatoms. The van der Waals surface area contributed by atoms with Crippen LogP contribution in [0.25, 0.3) is 0 Å². The van der Waals surface area contributed by atoms with Gasteiger partial charge in [-0.3, -0.25) is 9.59 Å². The van der Waals surface area contributed by atoms with Crippen LogP contribution in [0.5, 0.6) is 0 Å². The van der Waals surface area contributed by atoms with Gasteiger partial charge in [0.15, 0.2) is 12.1 Å². The quantitative estimate of drug-likeness (QED) is 0.0299. The molecule has 0 bridgehead atoms. The third kappa shape index (κ3) is 31.8. The van der Waals surface area contributed by atoms with Gasteiger partial charge >= 0.3 is 17.9 Å². The Morgan fingerprint density at radius 1 is 0.580 bits per heavy atom. The van der Waals surface area contributed by atoms with Gasteiger partial charge in [-0.2, -0.15) is 0 Å². The number of nitrogens with zero attached hydrogens (tertiary/aromatic N) is 1. The van der Waals surface area contributed by atoms with Crippen molar-refractivity contribution in [3.05, 3.63) is 24.3 Å². The molecule has 0 saturated heterocycles. The molecule has 0 radical (unpaired) electrons. The van der Waals surface area contributed by atoms with Crippen LogP contribution in [0.2, 0.25) is 0 Å². The first-order chi connectivity index (χ1) is 24.1. The van der Waals surface area contributed by atoms with Gasteiger partial charge in [-0.1, -0.05) is 115 Å². The molecule has 2 unspecified atom stereocenters. The summed E-state index contributed by atoms with van der Waals surface area (Å²) in [5, 5.41) is 9.59. The topological polar surface area (TPSA) is 99.1 Å². The maximum Gasteiger partial charge on any atom is 0.362 e. The predicted molar refractivity (Wildman–Crippen MR) is 206 cm³/mol. The maximum absolute atomic E-state index is 12.7. The number of carboxylic acids is 1. The van der Waals surface area contributed by atoms with E-state index in [0.29, 0.717) is 19.3 Å². The third-order valence-corrected chi connectivity index (χ3v) is 9.07. The van der Waals surface area contributed by atoms with E-state index in [-0.39, 0.29) is 36.2 Å². The number of carbonyl (C=O) groups excluding carboxylic acids is 2. The van der Waals surface area contributed by atoms with E-state index in [1.54, 1.807) is 0 Å². The molecule has 292 valence electrons. The zero-order valence-corrected chi connectivity index (χ0v) is 33.1. The minimum Gasteiger partial charge on any atom is -0.477 e. The molecule has 8 nitrogen and oxygen atoms in total. The SMILES string of the molecule is CCCCCC/C=C\CCCCCCCC(=O)OCC(COCCC(C(=O)O)[N+](C)(C)C)OC(=O)CCCCCCC/C=C\CCCCCC. The number of carbonyl (C=O) groups is 3. The molecule has 0 aromatic rings. The summed E-state index contributed by atoms with van der Waals surface area (Å²) in [6.07, 6.45) is 35.0. The first-order valence-corrected chi connectivity index (χ1v) is 20.4. The molecule has 0 aromatic heterocycles. The summed E-state index contributed by atoms with van der Waals surface area (Å²) < 4.78 is 17.2. The third-order valence-electron chi connectivity index (χ3n) is 9.07. The molecule has 0 amide bonds. The van der Waals surface area contributed by atoms with Gasteiger partial charge in [0.25, 0.3) is 0 Å². The minimum absolute atomic E-state index is 0.0564. The molecule has 50 heavy (non-hydrogen) atoms. The van der Waals surface area contributed by atoms with Crippen LogP contribution in [0.3, 0.4) is 0 Å². The van der Waals surface area contributed by atoms with Crippen LogP contribution in [0.4, 0.5) is 0 Å². The average Bonchev–Trinajstić information content (AvgIpc) is 3.06. The van der Waals surface area contributed by atoms with Gasteiger partial charge in [0.2, 0.25) is 0 Å². The largest absolute Gasteiger partial charge is 0.477 e. The number of hydrogen-bond acceptors (Lipinski definition) is 6. The first kappa shape index (κ1) is 47.8. The fourth-order valence-electron chi connectivity index (χ4n) is 5.84. The highest BCUT2D eigenvalue weighted by Gasteiger charge is 2.31. The number of quaternary nitrogens is 1. The molecule has 0 aliphatic carbocycles. The zero-order chi connectivity index (χ0) is 37.1. The molecule has 0 aromatic carbocycles. The molecule has 0 aliphatic heterocycles. The molecular formula is C42H78NO7+. The van der Waals surface area contributed by atoms with Crippen molar-refractivity contribution >= 4 is 17.9 Å². The first-order valence-electron chi connectivity index (χ1n) is 20.4. The summed E-state index contributed by atoms with van der Waals surface area (Å²) in [6.45, 7) is 4.68. The Bertz CT molecular complexity index is 880. The second-order valence-corrected chi connectivity index (χ2v) is 14.9. The van der Waals surface area contributed by atoms with Gasteiger partial charge in [-0.05, 0) is 64.2 Å². The van der Waals surface area contributed by atoms with Crippen molar-refractivity contribution in [1.29, 1.82) is 0 Å². The van der Waals surface area contributed by atoms with Crippen molar-refractivity contribution in [3.63, 3.8) is 0 Å². The highest BCUT2D eigenvalue weighted by molar-refractivity contribution is 5.72. The van der Waals surface area contributed by atoms with Crippen LogP contribution in [0.1, 0.15) is 174 Å². The Kier molecular flexibility index (Phi) is 32.4. The normalized spacial score (nSPS) is 13.2. The summed E-state index contributed by atoms with van der Waals surface area (Å²) >= 11 is 0. The number of carboxylic acid groups (broad SMARTS) is 1. The van der Waals surface area contributed by atoms with Crippen molar-refractivity contribution in [3.8, 4) is 0 Å². The number of likely N-dealkylation sites (N-methyl/N-ethyl adjacent to an activating group) is 1. The number of ether oxygens (including phenoxy) is 3. The zero-order valence-electron chi connectivity index (χ0n) is 33.1. The number of esters is 2. The molecule has 0 heterocycles. The predicted octanol–water partition coefficient (Wildman–Crippen LogP) is 10.5. The molecule has 2 atom stereocenters. The van der Waals surface area contributed by atoms with Crippen LogP contribution in [0, 0.1) is 0 Å². The molecule has 0 spiro atoms. The van der Waals surface area contributed by atoms with Crippen molar-refractivity contribution in [2.24, 2.45) is 0 Å². The number of rotatable bonds is 36. The van der Waals surface area contributed by atoms with E-state index >= 15 is 0 Å². The number of allylic oxidation sites excluding steroid dienone is 4. The number of aliphatic carboxylic acids is 1. The van der Waals surface area contributed by atoms with Crippen molar-refractivity contribution in [1.82, 2.24) is 0 Å². The van der Waals surface area contributed by atoms with E-state index < -0.39 is 18.1 Å². The van der Waals surface area contributed by atoms with Crippen LogP contribution in [-0.4, -0.2) is 80.6 Å². The lowest BCUT2D eigenvalue weighted by molar-refractivity contribution is -0.887. The standard InChI is InChI=1S/C42H77NO7/c1-6-8-10-12-14-16-18-20-22-24-26-28-30-32-40(44)49-37-38(36-48-35-34-39(42(46)47)43(3,4)5)50-41(45)33-31-29-27-25-23-21-19-17-15-13-11-9-7-2/h16-19,38-39H,6-15,20-37H2,1-5H3/p+1/b18-16-,19-17-. The van der Waals surface area contributed by atoms with Crippen LogP contribution < -0.4 is 0 Å². The van der Waals surface area contributed by atoms with E-state index in [1.807, 2.05) is 21.1 Å². The van der Waals surface area contributed by atoms with Crippen LogP contribution in [-0.2, 0) is 28.6 Å². The lowest BCUT2D eigenvalue weighted by Gasteiger charge is -2.31. The lowest BCUT2D eigenvalue weighted by atomic mass is 10.1. The molecule has 0 saturated carbocycles. The van der Waals surface area contributed by atoms with Gasteiger partial charge in [0.05, 0.1) is 34.4 Å². The number of hydrogen-bond donors (Lipinski definition) is 1. The average molecular weight is 709 g/mol. The molecule has 0 aliphatic rings. The summed E-state index contributed by atoms with van der Waals surface area (Å²) in [4.78, 5) is 36.8. The Labute approximate surface area is 307 Å². The number of unbranched alkanes of at least 4 members (excludes halogenated alkanes) is 18. The smallest absolute Gasteiger partial charge is 0.362 e. The van der Waals surface area contributed by atoms with Crippen molar-refractivity contribution < 1.29 is 38.2 Å². The van der Waals surface area contributed by atoms with Gasteiger partial charge in [-0.15, -0.1) is 0 Å².